The maximum Gasteiger partial charge on any atom is 0.405 e. The summed E-state index contributed by atoms with van der Waals surface area (Å²) in [7, 11) is 0. The van der Waals surface area contributed by atoms with Gasteiger partial charge in [-0.05, 0) is 12.1 Å². The number of hydrogen-bond acceptors (Lipinski definition) is 4. The Morgan fingerprint density at radius 2 is 2.05 bits per heavy atom. The van der Waals surface area contributed by atoms with Crippen molar-refractivity contribution in [1.82, 2.24) is 10.3 Å². The lowest BCUT2D eigenvalue weighted by Gasteiger charge is -2.07. The van der Waals surface area contributed by atoms with Gasteiger partial charge in [-0.3, -0.25) is 4.79 Å². The number of alkyl halides is 3. The number of thioether (sulfide) groups is 1. The number of carboxylic acid groups (broad SMARTS) is 1. The Balaban J connectivity index is 2.40. The predicted octanol–water partition coefficient (Wildman–Crippen LogP) is 1.55. The van der Waals surface area contributed by atoms with Crippen LogP contribution in [0.4, 0.5) is 13.2 Å². The van der Waals surface area contributed by atoms with Gasteiger partial charge in [-0.1, -0.05) is 11.8 Å². The molecule has 19 heavy (non-hydrogen) atoms. The molecular weight excluding hydrogens is 285 g/mol. The number of carbonyl (C=O) groups is 2. The van der Waals surface area contributed by atoms with E-state index in [4.69, 9.17) is 5.11 Å². The number of carboxylic acids is 1. The minimum absolute atomic E-state index is 0.00845. The second kappa shape index (κ2) is 6.41. The molecule has 1 aromatic heterocycles. The topological polar surface area (TPSA) is 79.3 Å². The summed E-state index contributed by atoms with van der Waals surface area (Å²) in [5.41, 5.74) is -0.00845. The lowest BCUT2D eigenvalue weighted by Crippen LogP contribution is -2.34. The number of pyridine rings is 1. The molecule has 1 heterocycles. The second-order valence-electron chi connectivity index (χ2n) is 3.37. The largest absolute Gasteiger partial charge is 0.478 e. The fourth-order valence-electron chi connectivity index (χ4n) is 0.982. The highest BCUT2D eigenvalue weighted by atomic mass is 32.2. The van der Waals surface area contributed by atoms with Crippen molar-refractivity contribution in [3.05, 3.63) is 23.9 Å². The van der Waals surface area contributed by atoms with E-state index in [1.807, 2.05) is 0 Å². The zero-order valence-electron chi connectivity index (χ0n) is 9.40. The van der Waals surface area contributed by atoms with Crippen LogP contribution >= 0.6 is 11.8 Å². The van der Waals surface area contributed by atoms with Gasteiger partial charge in [-0.25, -0.2) is 9.78 Å². The molecule has 0 aliphatic rings. The van der Waals surface area contributed by atoms with E-state index >= 15 is 0 Å². The highest BCUT2D eigenvalue weighted by Gasteiger charge is 2.27. The number of nitrogens with zero attached hydrogens (tertiary/aromatic N) is 1. The third kappa shape index (κ3) is 6.09. The molecule has 0 aliphatic carbocycles. The summed E-state index contributed by atoms with van der Waals surface area (Å²) in [5, 5.41) is 10.7. The highest BCUT2D eigenvalue weighted by molar-refractivity contribution is 7.99. The molecule has 0 saturated heterocycles. The zero-order valence-corrected chi connectivity index (χ0v) is 10.2. The summed E-state index contributed by atoms with van der Waals surface area (Å²) in [6.07, 6.45) is -3.33. The van der Waals surface area contributed by atoms with E-state index in [0.29, 0.717) is 5.03 Å². The van der Waals surface area contributed by atoms with Crippen LogP contribution in [0.1, 0.15) is 10.4 Å². The molecule has 5 nitrogen and oxygen atoms in total. The quantitative estimate of drug-likeness (QED) is 0.805. The zero-order chi connectivity index (χ0) is 14.5. The third-order valence-electron chi connectivity index (χ3n) is 1.82. The number of nitrogens with one attached hydrogen (secondary N) is 1. The van der Waals surface area contributed by atoms with Crippen molar-refractivity contribution in [3.63, 3.8) is 0 Å². The van der Waals surface area contributed by atoms with E-state index in [1.165, 1.54) is 12.1 Å². The molecule has 1 rings (SSSR count). The first kappa shape index (κ1) is 15.3. The monoisotopic (exact) mass is 294 g/mol. The number of amides is 1. The normalized spacial score (nSPS) is 11.1. The predicted molar refractivity (Wildman–Crippen MR) is 61.0 cm³/mol. The van der Waals surface area contributed by atoms with Gasteiger partial charge in [0.05, 0.1) is 16.3 Å². The molecule has 0 aliphatic heterocycles. The van der Waals surface area contributed by atoms with Crippen LogP contribution in [0.2, 0.25) is 0 Å². The molecule has 104 valence electrons. The van der Waals surface area contributed by atoms with E-state index in [9.17, 15) is 22.8 Å². The van der Waals surface area contributed by atoms with Crippen molar-refractivity contribution < 1.29 is 27.9 Å². The number of carbonyl (C=O) groups excluding carboxylic acids is 1. The van der Waals surface area contributed by atoms with Crippen LogP contribution in [0.5, 0.6) is 0 Å². The van der Waals surface area contributed by atoms with Crippen molar-refractivity contribution >= 4 is 23.6 Å². The number of rotatable bonds is 5. The molecule has 0 radical (unpaired) electrons. The first-order valence-corrected chi connectivity index (χ1v) is 5.92. The summed E-state index contributed by atoms with van der Waals surface area (Å²) in [6, 6.07) is 2.68. The fraction of sp³-hybridized carbons (Fsp3) is 0.300. The van der Waals surface area contributed by atoms with Gasteiger partial charge in [-0.15, -0.1) is 0 Å². The molecule has 2 N–H and O–H groups in total. The van der Waals surface area contributed by atoms with Gasteiger partial charge in [0.1, 0.15) is 6.54 Å². The van der Waals surface area contributed by atoms with E-state index in [1.54, 1.807) is 5.32 Å². The SMILES string of the molecule is O=C(CSc1ccc(C(=O)O)cn1)NCC(F)(F)F. The van der Waals surface area contributed by atoms with Gasteiger partial charge >= 0.3 is 12.1 Å². The Labute approximate surface area is 110 Å². The summed E-state index contributed by atoms with van der Waals surface area (Å²) < 4.78 is 35.4. The summed E-state index contributed by atoms with van der Waals surface area (Å²) in [4.78, 5) is 25.4. The van der Waals surface area contributed by atoms with Crippen LogP contribution in [0.25, 0.3) is 0 Å². The number of aromatic nitrogens is 1. The molecule has 0 saturated carbocycles. The lowest BCUT2D eigenvalue weighted by molar-refractivity contribution is -0.136. The molecular formula is C10H9F3N2O3S. The van der Waals surface area contributed by atoms with Gasteiger partial charge in [0, 0.05) is 6.20 Å². The van der Waals surface area contributed by atoms with Crippen LogP contribution in [0.3, 0.4) is 0 Å². The average Bonchev–Trinajstić information content (AvgIpc) is 2.33. The Bertz CT molecular complexity index is 462. The molecule has 1 amide bonds. The van der Waals surface area contributed by atoms with Gasteiger partial charge in [0.15, 0.2) is 0 Å². The van der Waals surface area contributed by atoms with Gasteiger partial charge in [0.25, 0.3) is 0 Å². The maximum atomic E-state index is 11.8. The van der Waals surface area contributed by atoms with Crippen LogP contribution in [0, 0.1) is 0 Å². The summed E-state index contributed by atoms with van der Waals surface area (Å²) >= 11 is 0.916. The molecule has 1 aromatic rings. The summed E-state index contributed by atoms with van der Waals surface area (Å²) in [6.45, 7) is -1.38. The van der Waals surface area contributed by atoms with E-state index in [2.05, 4.69) is 4.98 Å². The third-order valence-corrected chi connectivity index (χ3v) is 2.76. The number of halogens is 3. The molecule has 0 spiro atoms. The molecule has 0 unspecified atom stereocenters. The Morgan fingerprint density at radius 3 is 2.53 bits per heavy atom. The maximum absolute atomic E-state index is 11.8. The smallest absolute Gasteiger partial charge is 0.405 e. The van der Waals surface area contributed by atoms with Crippen molar-refractivity contribution in [3.8, 4) is 0 Å². The van der Waals surface area contributed by atoms with Crippen molar-refractivity contribution in [2.75, 3.05) is 12.3 Å². The van der Waals surface area contributed by atoms with Crippen LogP contribution in [-0.4, -0.2) is 40.4 Å². The molecule has 0 aromatic carbocycles. The van der Waals surface area contributed by atoms with E-state index in [0.717, 1.165) is 18.0 Å². The first-order valence-electron chi connectivity index (χ1n) is 4.93. The van der Waals surface area contributed by atoms with Gasteiger partial charge in [0.2, 0.25) is 5.91 Å². The average molecular weight is 294 g/mol. The van der Waals surface area contributed by atoms with E-state index in [-0.39, 0.29) is 11.3 Å². The molecule has 0 fully saturated rings. The Kier molecular flexibility index (Phi) is 5.16. The van der Waals surface area contributed by atoms with Gasteiger partial charge < -0.3 is 10.4 Å². The Morgan fingerprint density at radius 1 is 1.37 bits per heavy atom. The highest BCUT2D eigenvalue weighted by Crippen LogP contribution is 2.16. The lowest BCUT2D eigenvalue weighted by atomic mass is 10.3. The number of hydrogen-bond donors (Lipinski definition) is 2. The van der Waals surface area contributed by atoms with Crippen LogP contribution in [-0.2, 0) is 4.79 Å². The first-order chi connectivity index (χ1) is 8.78. The minimum atomic E-state index is -4.44. The standard InChI is InChI=1S/C10H9F3N2O3S/c11-10(12,13)5-15-7(16)4-19-8-2-1-6(3-14-8)9(17)18/h1-3H,4-5H2,(H,15,16)(H,17,18). The van der Waals surface area contributed by atoms with Crippen LogP contribution < -0.4 is 5.32 Å². The van der Waals surface area contributed by atoms with Crippen molar-refractivity contribution in [2.24, 2.45) is 0 Å². The molecule has 0 atom stereocenters. The van der Waals surface area contributed by atoms with Gasteiger partial charge in [-0.2, -0.15) is 13.2 Å². The number of aromatic carboxylic acids is 1. The molecule has 9 heteroatoms. The second-order valence-corrected chi connectivity index (χ2v) is 4.37. The van der Waals surface area contributed by atoms with E-state index < -0.39 is 24.6 Å². The Hall–Kier alpha value is -1.77. The minimum Gasteiger partial charge on any atom is -0.478 e. The summed E-state index contributed by atoms with van der Waals surface area (Å²) in [5.74, 6) is -2.13. The van der Waals surface area contributed by atoms with Crippen molar-refractivity contribution in [1.29, 1.82) is 0 Å². The van der Waals surface area contributed by atoms with Crippen LogP contribution in [0.15, 0.2) is 23.4 Å². The van der Waals surface area contributed by atoms with Crippen molar-refractivity contribution in [2.45, 2.75) is 11.2 Å². The fourth-order valence-corrected chi connectivity index (χ4v) is 1.65. The molecule has 0 bridgehead atoms.